The van der Waals surface area contributed by atoms with Crippen LogP contribution in [0.5, 0.6) is 5.75 Å². The standard InChI is InChI=1S/C27H28N2O3/c1-3-18-17-29(27(30)19-7-5-4-6-8-19)14-12-20(18)15-25-26(32-25)22-11-13-28-24-10-9-21(31-2)16-23(22)24/h3-11,13,16,18,20,25-26H,1,12,14-15,17H2,2H3. The van der Waals surface area contributed by atoms with Gasteiger partial charge in [0.05, 0.1) is 18.7 Å². The number of piperidine rings is 1. The van der Waals surface area contributed by atoms with Gasteiger partial charge in [-0.15, -0.1) is 6.58 Å². The molecule has 1 aromatic heterocycles. The number of carbonyl (C=O) groups excluding carboxylic acids is 1. The number of methoxy groups -OCH3 is 1. The van der Waals surface area contributed by atoms with Crippen LogP contribution in [-0.2, 0) is 4.74 Å². The Morgan fingerprint density at radius 1 is 1.25 bits per heavy atom. The van der Waals surface area contributed by atoms with Crippen LogP contribution in [0.1, 0.15) is 34.9 Å². The van der Waals surface area contributed by atoms with Crippen molar-refractivity contribution >= 4 is 16.8 Å². The van der Waals surface area contributed by atoms with Gasteiger partial charge < -0.3 is 14.4 Å². The molecule has 164 valence electrons. The molecule has 5 heteroatoms. The Morgan fingerprint density at radius 3 is 2.88 bits per heavy atom. The molecule has 0 N–H and O–H groups in total. The normalized spacial score (nSPS) is 24.8. The molecule has 2 saturated heterocycles. The maximum atomic E-state index is 12.9. The van der Waals surface area contributed by atoms with Gasteiger partial charge in [-0.25, -0.2) is 0 Å². The van der Waals surface area contributed by atoms with Crippen LogP contribution >= 0.6 is 0 Å². The Bertz CT molecular complexity index is 1130. The highest BCUT2D eigenvalue weighted by molar-refractivity contribution is 5.94. The largest absolute Gasteiger partial charge is 0.497 e. The third-order valence-corrected chi connectivity index (χ3v) is 6.82. The lowest BCUT2D eigenvalue weighted by molar-refractivity contribution is 0.0626. The second-order valence-corrected chi connectivity index (χ2v) is 8.68. The Balaban J connectivity index is 1.26. The zero-order valence-corrected chi connectivity index (χ0v) is 18.3. The summed E-state index contributed by atoms with van der Waals surface area (Å²) in [5.74, 6) is 1.67. The summed E-state index contributed by atoms with van der Waals surface area (Å²) in [7, 11) is 1.68. The van der Waals surface area contributed by atoms with Gasteiger partial charge in [0.25, 0.3) is 5.91 Å². The van der Waals surface area contributed by atoms with Gasteiger partial charge >= 0.3 is 0 Å². The zero-order valence-electron chi connectivity index (χ0n) is 18.3. The molecule has 3 aromatic rings. The molecule has 0 bridgehead atoms. The molecular formula is C27H28N2O3. The smallest absolute Gasteiger partial charge is 0.253 e. The molecule has 4 atom stereocenters. The van der Waals surface area contributed by atoms with Gasteiger partial charge in [0.15, 0.2) is 0 Å². The van der Waals surface area contributed by atoms with Gasteiger partial charge in [0.1, 0.15) is 11.9 Å². The summed E-state index contributed by atoms with van der Waals surface area (Å²) in [5.41, 5.74) is 2.87. The lowest BCUT2D eigenvalue weighted by Gasteiger charge is -2.37. The third kappa shape index (κ3) is 4.00. The minimum Gasteiger partial charge on any atom is -0.497 e. The van der Waals surface area contributed by atoms with Gasteiger partial charge in [0, 0.05) is 30.2 Å². The predicted octanol–water partition coefficient (Wildman–Crippen LogP) is 5.04. The van der Waals surface area contributed by atoms with Crippen molar-refractivity contribution in [2.24, 2.45) is 11.8 Å². The van der Waals surface area contributed by atoms with Crippen LogP contribution in [-0.4, -0.2) is 42.1 Å². The van der Waals surface area contributed by atoms with E-state index in [0.717, 1.165) is 41.6 Å². The number of likely N-dealkylation sites (tertiary alicyclic amines) is 1. The quantitative estimate of drug-likeness (QED) is 0.408. The molecule has 0 spiro atoms. The van der Waals surface area contributed by atoms with E-state index in [0.29, 0.717) is 12.5 Å². The first-order valence-electron chi connectivity index (χ1n) is 11.2. The molecule has 5 rings (SSSR count). The molecule has 2 aliphatic rings. The van der Waals surface area contributed by atoms with Gasteiger partial charge in [-0.05, 0) is 66.6 Å². The maximum absolute atomic E-state index is 12.9. The van der Waals surface area contributed by atoms with E-state index >= 15 is 0 Å². The first kappa shape index (κ1) is 20.7. The molecular weight excluding hydrogens is 400 g/mol. The number of amides is 1. The summed E-state index contributed by atoms with van der Waals surface area (Å²) in [4.78, 5) is 19.3. The van der Waals surface area contributed by atoms with Crippen LogP contribution in [0.3, 0.4) is 0 Å². The van der Waals surface area contributed by atoms with Crippen molar-refractivity contribution in [2.45, 2.75) is 25.0 Å². The number of epoxide rings is 1. The van der Waals surface area contributed by atoms with Crippen LogP contribution in [0.15, 0.2) is 73.4 Å². The van der Waals surface area contributed by atoms with E-state index in [1.807, 2.05) is 65.7 Å². The summed E-state index contributed by atoms with van der Waals surface area (Å²) in [5, 5.41) is 1.09. The number of ether oxygens (including phenoxy) is 2. The SMILES string of the molecule is C=CC1CN(C(=O)c2ccccc2)CCC1CC1OC1c1ccnc2ccc(OC)cc12. The van der Waals surface area contributed by atoms with Crippen molar-refractivity contribution in [1.82, 2.24) is 9.88 Å². The summed E-state index contributed by atoms with van der Waals surface area (Å²) in [6.07, 6.45) is 6.08. The topological polar surface area (TPSA) is 55.0 Å². The Labute approximate surface area is 188 Å². The van der Waals surface area contributed by atoms with E-state index in [1.165, 1.54) is 5.56 Å². The highest BCUT2D eigenvalue weighted by atomic mass is 16.6. The number of fused-ring (bicyclic) bond motifs is 1. The fraction of sp³-hybridized carbons (Fsp3) is 0.333. The fourth-order valence-electron chi connectivity index (χ4n) is 4.95. The third-order valence-electron chi connectivity index (χ3n) is 6.82. The molecule has 0 saturated carbocycles. The fourth-order valence-corrected chi connectivity index (χ4v) is 4.95. The molecule has 32 heavy (non-hydrogen) atoms. The average Bonchev–Trinajstić information content (AvgIpc) is 3.62. The monoisotopic (exact) mass is 428 g/mol. The number of nitrogens with zero attached hydrogens (tertiary/aromatic N) is 2. The molecule has 3 heterocycles. The zero-order chi connectivity index (χ0) is 22.1. The Morgan fingerprint density at radius 2 is 2.09 bits per heavy atom. The van der Waals surface area contributed by atoms with Crippen molar-refractivity contribution in [3.63, 3.8) is 0 Å². The highest BCUT2D eigenvalue weighted by Crippen LogP contribution is 2.47. The van der Waals surface area contributed by atoms with E-state index in [2.05, 4.69) is 17.6 Å². The minimum absolute atomic E-state index is 0.0852. The number of rotatable bonds is 6. The second kappa shape index (κ2) is 8.75. The van der Waals surface area contributed by atoms with Crippen molar-refractivity contribution in [2.75, 3.05) is 20.2 Å². The summed E-state index contributed by atoms with van der Waals surface area (Å²) >= 11 is 0. The van der Waals surface area contributed by atoms with Gasteiger partial charge in [-0.1, -0.05) is 24.3 Å². The average molecular weight is 429 g/mol. The van der Waals surface area contributed by atoms with E-state index in [1.54, 1.807) is 7.11 Å². The number of pyridine rings is 1. The van der Waals surface area contributed by atoms with Gasteiger partial charge in [-0.3, -0.25) is 9.78 Å². The maximum Gasteiger partial charge on any atom is 0.253 e. The van der Waals surface area contributed by atoms with Gasteiger partial charge in [0.2, 0.25) is 0 Å². The first-order chi connectivity index (χ1) is 15.7. The van der Waals surface area contributed by atoms with Crippen LogP contribution in [0.2, 0.25) is 0 Å². The molecule has 0 radical (unpaired) electrons. The summed E-state index contributed by atoms with van der Waals surface area (Å²) in [6.45, 7) is 5.56. The number of hydrogen-bond donors (Lipinski definition) is 0. The highest BCUT2D eigenvalue weighted by Gasteiger charge is 2.44. The van der Waals surface area contributed by atoms with Crippen LogP contribution in [0.4, 0.5) is 0 Å². The van der Waals surface area contributed by atoms with E-state index in [-0.39, 0.29) is 24.0 Å². The number of benzene rings is 2. The molecule has 4 unspecified atom stereocenters. The number of hydrogen-bond acceptors (Lipinski definition) is 4. The van der Waals surface area contributed by atoms with Crippen LogP contribution in [0.25, 0.3) is 10.9 Å². The molecule has 2 aromatic carbocycles. The Hall–Kier alpha value is -3.18. The molecule has 2 aliphatic heterocycles. The van der Waals surface area contributed by atoms with Crippen molar-refractivity contribution in [3.05, 3.63) is 84.6 Å². The van der Waals surface area contributed by atoms with Gasteiger partial charge in [-0.2, -0.15) is 0 Å². The molecule has 1 amide bonds. The van der Waals surface area contributed by atoms with Crippen molar-refractivity contribution < 1.29 is 14.3 Å². The molecule has 0 aliphatic carbocycles. The Kier molecular flexibility index (Phi) is 5.66. The minimum atomic E-state index is 0.0852. The predicted molar refractivity (Wildman–Crippen MR) is 125 cm³/mol. The number of aromatic nitrogens is 1. The lowest BCUT2D eigenvalue weighted by Crippen LogP contribution is -2.43. The van der Waals surface area contributed by atoms with Crippen LogP contribution < -0.4 is 4.74 Å². The van der Waals surface area contributed by atoms with E-state index in [9.17, 15) is 4.79 Å². The van der Waals surface area contributed by atoms with E-state index < -0.39 is 0 Å². The summed E-state index contributed by atoms with van der Waals surface area (Å²) in [6, 6.07) is 17.5. The van der Waals surface area contributed by atoms with Crippen molar-refractivity contribution in [3.8, 4) is 5.75 Å². The molecule has 2 fully saturated rings. The summed E-state index contributed by atoms with van der Waals surface area (Å²) < 4.78 is 11.5. The lowest BCUT2D eigenvalue weighted by atomic mass is 9.81. The number of carbonyl (C=O) groups is 1. The van der Waals surface area contributed by atoms with Crippen LogP contribution in [0, 0.1) is 11.8 Å². The molecule has 5 nitrogen and oxygen atoms in total. The second-order valence-electron chi connectivity index (χ2n) is 8.68. The van der Waals surface area contributed by atoms with E-state index in [4.69, 9.17) is 9.47 Å². The van der Waals surface area contributed by atoms with Crippen molar-refractivity contribution in [1.29, 1.82) is 0 Å². The first-order valence-corrected chi connectivity index (χ1v) is 11.2.